The molecule has 0 radical (unpaired) electrons. The number of thiophene rings is 1. The molecular weight excluding hydrogens is 294 g/mol. The van der Waals surface area contributed by atoms with Gasteiger partial charge in [0.05, 0.1) is 0 Å². The molecule has 0 aliphatic heterocycles. The molecule has 2 rings (SSSR count). The van der Waals surface area contributed by atoms with Crippen molar-refractivity contribution in [3.63, 3.8) is 0 Å². The van der Waals surface area contributed by atoms with Crippen LogP contribution in [0.1, 0.15) is 42.4 Å². The SMILES string of the molecule is CCc1ccc(CN(C)C2CCCCC2Br)s1. The van der Waals surface area contributed by atoms with Crippen LogP contribution < -0.4 is 0 Å². The van der Waals surface area contributed by atoms with Crippen molar-refractivity contribution in [1.29, 1.82) is 0 Å². The van der Waals surface area contributed by atoms with Crippen LogP contribution in [-0.2, 0) is 13.0 Å². The van der Waals surface area contributed by atoms with E-state index in [0.29, 0.717) is 4.83 Å². The maximum absolute atomic E-state index is 3.85. The molecule has 0 N–H and O–H groups in total. The molecule has 1 heterocycles. The maximum atomic E-state index is 3.85. The fourth-order valence-corrected chi connectivity index (χ4v) is 4.64. The van der Waals surface area contributed by atoms with Gasteiger partial charge < -0.3 is 0 Å². The second kappa shape index (κ2) is 6.35. The van der Waals surface area contributed by atoms with E-state index in [1.165, 1.54) is 41.9 Å². The van der Waals surface area contributed by atoms with E-state index >= 15 is 0 Å². The van der Waals surface area contributed by atoms with Crippen LogP contribution in [0.3, 0.4) is 0 Å². The van der Waals surface area contributed by atoms with Crippen molar-refractivity contribution in [2.24, 2.45) is 0 Å². The molecule has 17 heavy (non-hydrogen) atoms. The van der Waals surface area contributed by atoms with Gasteiger partial charge in [-0.25, -0.2) is 0 Å². The average Bonchev–Trinajstić information content (AvgIpc) is 2.77. The van der Waals surface area contributed by atoms with Gasteiger partial charge in [0.2, 0.25) is 0 Å². The van der Waals surface area contributed by atoms with Crippen LogP contribution in [0.4, 0.5) is 0 Å². The zero-order valence-corrected chi connectivity index (χ0v) is 13.2. The summed E-state index contributed by atoms with van der Waals surface area (Å²) in [5.74, 6) is 0. The van der Waals surface area contributed by atoms with Crippen molar-refractivity contribution in [2.45, 2.75) is 56.4 Å². The molecule has 0 bridgehead atoms. The lowest BCUT2D eigenvalue weighted by atomic mass is 9.94. The summed E-state index contributed by atoms with van der Waals surface area (Å²) in [4.78, 5) is 6.23. The highest BCUT2D eigenvalue weighted by molar-refractivity contribution is 9.09. The summed E-state index contributed by atoms with van der Waals surface area (Å²) in [7, 11) is 2.27. The molecule has 96 valence electrons. The summed E-state index contributed by atoms with van der Waals surface area (Å²) >= 11 is 5.82. The molecule has 1 aliphatic carbocycles. The van der Waals surface area contributed by atoms with Crippen LogP contribution in [-0.4, -0.2) is 22.8 Å². The Morgan fingerprint density at radius 2 is 2.00 bits per heavy atom. The van der Waals surface area contributed by atoms with E-state index < -0.39 is 0 Å². The van der Waals surface area contributed by atoms with Crippen molar-refractivity contribution >= 4 is 27.3 Å². The van der Waals surface area contributed by atoms with E-state index in [1.807, 2.05) is 11.3 Å². The number of hydrogen-bond donors (Lipinski definition) is 0. The number of alkyl halides is 1. The van der Waals surface area contributed by atoms with Crippen molar-refractivity contribution in [2.75, 3.05) is 7.05 Å². The summed E-state index contributed by atoms with van der Waals surface area (Å²) < 4.78 is 0. The second-order valence-corrected chi connectivity index (χ2v) is 7.43. The second-order valence-electron chi connectivity index (χ2n) is 5.00. The zero-order valence-electron chi connectivity index (χ0n) is 10.8. The van der Waals surface area contributed by atoms with Crippen molar-refractivity contribution in [3.05, 3.63) is 21.9 Å². The number of aryl methyl sites for hydroxylation is 1. The molecule has 0 saturated heterocycles. The van der Waals surface area contributed by atoms with Crippen molar-refractivity contribution in [3.8, 4) is 0 Å². The minimum absolute atomic E-state index is 0.687. The topological polar surface area (TPSA) is 3.24 Å². The Morgan fingerprint density at radius 3 is 2.65 bits per heavy atom. The van der Waals surface area contributed by atoms with E-state index in [4.69, 9.17) is 0 Å². The Bertz CT molecular complexity index is 350. The predicted octanol–water partition coefficient (Wildman–Crippen LogP) is 4.45. The maximum Gasteiger partial charge on any atom is 0.0328 e. The van der Waals surface area contributed by atoms with E-state index in [9.17, 15) is 0 Å². The van der Waals surface area contributed by atoms with E-state index in [-0.39, 0.29) is 0 Å². The first-order valence-corrected chi connectivity index (χ1v) is 8.36. The Hall–Kier alpha value is 0.140. The smallest absolute Gasteiger partial charge is 0.0328 e. The summed E-state index contributed by atoms with van der Waals surface area (Å²) in [6.07, 6.45) is 6.62. The quantitative estimate of drug-likeness (QED) is 0.742. The molecular formula is C14H22BrNS. The minimum Gasteiger partial charge on any atom is -0.297 e. The standard InChI is InChI=1S/C14H22BrNS/c1-3-11-8-9-12(17-11)10-16(2)14-7-5-4-6-13(14)15/h8-9,13-14H,3-7,10H2,1-2H3. The van der Waals surface area contributed by atoms with Gasteiger partial charge in [-0.1, -0.05) is 35.7 Å². The normalized spacial score (nSPS) is 25.4. The Morgan fingerprint density at radius 1 is 1.29 bits per heavy atom. The Balaban J connectivity index is 1.93. The van der Waals surface area contributed by atoms with Gasteiger partial charge in [-0.3, -0.25) is 4.90 Å². The first-order valence-electron chi connectivity index (χ1n) is 6.62. The molecule has 3 heteroatoms. The Labute approximate surface area is 117 Å². The summed E-state index contributed by atoms with van der Waals surface area (Å²) in [5.41, 5.74) is 0. The lowest BCUT2D eigenvalue weighted by Crippen LogP contribution is -2.39. The lowest BCUT2D eigenvalue weighted by Gasteiger charge is -2.34. The average molecular weight is 316 g/mol. The van der Waals surface area contributed by atoms with Crippen molar-refractivity contribution in [1.82, 2.24) is 4.90 Å². The highest BCUT2D eigenvalue weighted by Gasteiger charge is 2.26. The van der Waals surface area contributed by atoms with Crippen LogP contribution in [0.2, 0.25) is 0 Å². The monoisotopic (exact) mass is 315 g/mol. The van der Waals surface area contributed by atoms with Gasteiger partial charge in [0.25, 0.3) is 0 Å². The van der Waals surface area contributed by atoms with Crippen LogP contribution >= 0.6 is 27.3 Å². The molecule has 1 fully saturated rings. The van der Waals surface area contributed by atoms with Crippen molar-refractivity contribution < 1.29 is 0 Å². The highest BCUT2D eigenvalue weighted by Crippen LogP contribution is 2.29. The first-order chi connectivity index (χ1) is 8.20. The third kappa shape index (κ3) is 3.55. The van der Waals surface area contributed by atoms with Gasteiger partial charge in [-0.15, -0.1) is 11.3 Å². The lowest BCUT2D eigenvalue weighted by molar-refractivity contribution is 0.194. The van der Waals surface area contributed by atoms with Crippen LogP contribution in [0.15, 0.2) is 12.1 Å². The Kier molecular flexibility index (Phi) is 5.07. The molecule has 0 aromatic carbocycles. The molecule has 1 aromatic heterocycles. The van der Waals surface area contributed by atoms with E-state index in [1.54, 1.807) is 0 Å². The molecule has 0 amide bonds. The zero-order chi connectivity index (χ0) is 12.3. The molecule has 1 aromatic rings. The fraction of sp³-hybridized carbons (Fsp3) is 0.714. The van der Waals surface area contributed by atoms with Crippen LogP contribution in [0.25, 0.3) is 0 Å². The summed E-state index contributed by atoms with van der Waals surface area (Å²) in [6.45, 7) is 3.34. The van der Waals surface area contributed by atoms with E-state index in [0.717, 1.165) is 12.6 Å². The molecule has 1 aliphatic rings. The number of hydrogen-bond acceptors (Lipinski definition) is 2. The molecule has 2 atom stereocenters. The number of nitrogens with zero attached hydrogens (tertiary/aromatic N) is 1. The van der Waals surface area contributed by atoms with Crippen LogP contribution in [0.5, 0.6) is 0 Å². The number of halogens is 1. The third-order valence-corrected chi connectivity index (χ3v) is 5.97. The van der Waals surface area contributed by atoms with E-state index in [2.05, 4.69) is 46.9 Å². The third-order valence-electron chi connectivity index (χ3n) is 3.68. The predicted molar refractivity (Wildman–Crippen MR) is 80.1 cm³/mol. The largest absolute Gasteiger partial charge is 0.297 e. The van der Waals surface area contributed by atoms with Gasteiger partial charge in [-0.05, 0) is 38.4 Å². The summed E-state index contributed by atoms with van der Waals surface area (Å²) in [6, 6.07) is 5.29. The first kappa shape index (κ1) is 13.6. The van der Waals surface area contributed by atoms with Gasteiger partial charge in [-0.2, -0.15) is 0 Å². The summed E-state index contributed by atoms with van der Waals surface area (Å²) in [5, 5.41) is 0. The molecule has 1 nitrogen and oxygen atoms in total. The molecule has 0 spiro atoms. The number of rotatable bonds is 4. The van der Waals surface area contributed by atoms with Crippen LogP contribution in [0, 0.1) is 0 Å². The molecule has 1 saturated carbocycles. The fourth-order valence-electron chi connectivity index (χ4n) is 2.62. The van der Waals surface area contributed by atoms with Gasteiger partial charge in [0.15, 0.2) is 0 Å². The van der Waals surface area contributed by atoms with Gasteiger partial charge >= 0.3 is 0 Å². The molecule has 2 unspecified atom stereocenters. The van der Waals surface area contributed by atoms with Gasteiger partial charge in [0.1, 0.15) is 0 Å². The minimum atomic E-state index is 0.687. The highest BCUT2D eigenvalue weighted by atomic mass is 79.9. The van der Waals surface area contributed by atoms with Gasteiger partial charge in [0, 0.05) is 27.2 Å².